The standard InChI is InChI=1S/C17H17NOS/c1-12(2)17(19,13-8-4-3-5-9-13)16-18-14-10-6-7-11-15(14)20-16/h3-12,19H,1-2H3. The summed E-state index contributed by atoms with van der Waals surface area (Å²) in [5.41, 5.74) is 0.807. The molecular formula is C17H17NOS. The van der Waals surface area contributed by atoms with E-state index in [0.29, 0.717) is 0 Å². The number of thiazole rings is 1. The van der Waals surface area contributed by atoms with E-state index in [4.69, 9.17) is 0 Å². The Labute approximate surface area is 122 Å². The molecule has 20 heavy (non-hydrogen) atoms. The van der Waals surface area contributed by atoms with Crippen molar-refractivity contribution in [1.29, 1.82) is 0 Å². The van der Waals surface area contributed by atoms with Crippen molar-refractivity contribution in [3.05, 3.63) is 65.2 Å². The molecular weight excluding hydrogens is 266 g/mol. The lowest BCUT2D eigenvalue weighted by molar-refractivity contribution is 0.0317. The number of fused-ring (bicyclic) bond motifs is 1. The largest absolute Gasteiger partial charge is 0.378 e. The zero-order valence-corrected chi connectivity index (χ0v) is 12.4. The van der Waals surface area contributed by atoms with E-state index in [-0.39, 0.29) is 5.92 Å². The first-order chi connectivity index (χ1) is 9.62. The second-order valence-electron chi connectivity index (χ2n) is 5.27. The van der Waals surface area contributed by atoms with Gasteiger partial charge in [0.2, 0.25) is 0 Å². The summed E-state index contributed by atoms with van der Waals surface area (Å²) < 4.78 is 1.11. The summed E-state index contributed by atoms with van der Waals surface area (Å²) in [7, 11) is 0. The van der Waals surface area contributed by atoms with Crippen LogP contribution >= 0.6 is 11.3 Å². The van der Waals surface area contributed by atoms with Crippen molar-refractivity contribution in [2.24, 2.45) is 5.92 Å². The molecule has 0 saturated heterocycles. The highest BCUT2D eigenvalue weighted by molar-refractivity contribution is 7.18. The number of para-hydroxylation sites is 1. The van der Waals surface area contributed by atoms with Crippen LogP contribution in [-0.4, -0.2) is 10.1 Å². The quantitative estimate of drug-likeness (QED) is 0.782. The summed E-state index contributed by atoms with van der Waals surface area (Å²) in [6.45, 7) is 4.05. The van der Waals surface area contributed by atoms with Crippen molar-refractivity contribution in [2.45, 2.75) is 19.4 Å². The predicted molar refractivity (Wildman–Crippen MR) is 83.9 cm³/mol. The van der Waals surface area contributed by atoms with Gasteiger partial charge in [0.05, 0.1) is 10.2 Å². The van der Waals surface area contributed by atoms with Crippen LogP contribution in [0.25, 0.3) is 10.2 Å². The highest BCUT2D eigenvalue weighted by Crippen LogP contribution is 2.40. The van der Waals surface area contributed by atoms with Crippen LogP contribution in [0.3, 0.4) is 0 Å². The number of hydrogen-bond acceptors (Lipinski definition) is 3. The fourth-order valence-electron chi connectivity index (χ4n) is 2.43. The summed E-state index contributed by atoms with van der Waals surface area (Å²) in [6.07, 6.45) is 0. The summed E-state index contributed by atoms with van der Waals surface area (Å²) in [5, 5.41) is 12.0. The van der Waals surface area contributed by atoms with Crippen LogP contribution in [0, 0.1) is 5.92 Å². The molecule has 0 spiro atoms. The van der Waals surface area contributed by atoms with Crippen LogP contribution in [-0.2, 0) is 5.60 Å². The first-order valence-corrected chi connectivity index (χ1v) is 7.58. The van der Waals surface area contributed by atoms with E-state index in [0.717, 1.165) is 20.8 Å². The Morgan fingerprint density at radius 2 is 1.65 bits per heavy atom. The van der Waals surface area contributed by atoms with Gasteiger partial charge >= 0.3 is 0 Å². The molecule has 0 saturated carbocycles. The Morgan fingerprint density at radius 3 is 2.30 bits per heavy atom. The molecule has 3 rings (SSSR count). The molecule has 2 nitrogen and oxygen atoms in total. The van der Waals surface area contributed by atoms with Crippen LogP contribution in [0.5, 0.6) is 0 Å². The molecule has 1 unspecified atom stereocenters. The van der Waals surface area contributed by atoms with Crippen molar-refractivity contribution < 1.29 is 5.11 Å². The summed E-state index contributed by atoms with van der Waals surface area (Å²) in [6, 6.07) is 17.8. The van der Waals surface area contributed by atoms with Gasteiger partial charge in [-0.05, 0) is 23.6 Å². The Morgan fingerprint density at radius 1 is 1.00 bits per heavy atom. The maximum atomic E-state index is 11.3. The Hall–Kier alpha value is -1.71. The van der Waals surface area contributed by atoms with E-state index in [9.17, 15) is 5.11 Å². The summed E-state index contributed by atoms with van der Waals surface area (Å²) in [4.78, 5) is 4.65. The van der Waals surface area contributed by atoms with Crippen molar-refractivity contribution in [1.82, 2.24) is 4.98 Å². The molecule has 1 aromatic heterocycles. The molecule has 0 amide bonds. The Balaban J connectivity index is 2.20. The lowest BCUT2D eigenvalue weighted by atomic mass is 9.84. The van der Waals surface area contributed by atoms with Crippen LogP contribution in [0.1, 0.15) is 24.4 Å². The molecule has 2 aromatic carbocycles. The van der Waals surface area contributed by atoms with Crippen LogP contribution < -0.4 is 0 Å². The van der Waals surface area contributed by atoms with Gasteiger partial charge in [0.15, 0.2) is 0 Å². The average molecular weight is 283 g/mol. The molecule has 0 aliphatic heterocycles. The Bertz CT molecular complexity index is 687. The van der Waals surface area contributed by atoms with Gasteiger partial charge < -0.3 is 5.11 Å². The molecule has 0 aliphatic carbocycles. The van der Waals surface area contributed by atoms with Gasteiger partial charge in [-0.1, -0.05) is 56.3 Å². The molecule has 1 heterocycles. The minimum atomic E-state index is -1.04. The number of hydrogen-bond donors (Lipinski definition) is 1. The van der Waals surface area contributed by atoms with Gasteiger partial charge in [0.1, 0.15) is 10.6 Å². The van der Waals surface area contributed by atoms with E-state index in [1.54, 1.807) is 11.3 Å². The monoisotopic (exact) mass is 283 g/mol. The number of aromatic nitrogens is 1. The highest BCUT2D eigenvalue weighted by Gasteiger charge is 2.38. The topological polar surface area (TPSA) is 33.1 Å². The molecule has 102 valence electrons. The lowest BCUT2D eigenvalue weighted by Crippen LogP contribution is -2.33. The number of benzene rings is 2. The van der Waals surface area contributed by atoms with Crippen LogP contribution in [0.15, 0.2) is 54.6 Å². The van der Waals surface area contributed by atoms with Gasteiger partial charge in [-0.25, -0.2) is 4.98 Å². The molecule has 3 aromatic rings. The van der Waals surface area contributed by atoms with E-state index >= 15 is 0 Å². The van der Waals surface area contributed by atoms with Gasteiger partial charge in [-0.15, -0.1) is 11.3 Å². The molecule has 0 fully saturated rings. The SMILES string of the molecule is CC(C)C(O)(c1ccccc1)c1nc2ccccc2s1. The van der Waals surface area contributed by atoms with Crippen LogP contribution in [0.2, 0.25) is 0 Å². The summed E-state index contributed by atoms with van der Waals surface area (Å²) >= 11 is 1.57. The maximum Gasteiger partial charge on any atom is 0.143 e. The van der Waals surface area contributed by atoms with Gasteiger partial charge in [-0.3, -0.25) is 0 Å². The molecule has 0 aliphatic rings. The fraction of sp³-hybridized carbons (Fsp3) is 0.235. The van der Waals surface area contributed by atoms with Crippen molar-refractivity contribution >= 4 is 21.6 Å². The minimum Gasteiger partial charge on any atom is -0.378 e. The second kappa shape index (κ2) is 5.00. The zero-order valence-electron chi connectivity index (χ0n) is 11.6. The normalized spacial score (nSPS) is 14.6. The van der Waals surface area contributed by atoms with E-state index in [1.807, 2.05) is 68.4 Å². The maximum absolute atomic E-state index is 11.3. The predicted octanol–water partition coefficient (Wildman–Crippen LogP) is 4.19. The van der Waals surface area contributed by atoms with Crippen molar-refractivity contribution in [3.63, 3.8) is 0 Å². The van der Waals surface area contributed by atoms with Gasteiger partial charge in [0.25, 0.3) is 0 Å². The van der Waals surface area contributed by atoms with E-state index in [1.165, 1.54) is 0 Å². The van der Waals surface area contributed by atoms with E-state index in [2.05, 4.69) is 4.98 Å². The highest BCUT2D eigenvalue weighted by atomic mass is 32.1. The minimum absolute atomic E-state index is 0.0467. The average Bonchev–Trinajstić information content (AvgIpc) is 2.91. The fourth-order valence-corrected chi connectivity index (χ4v) is 3.66. The lowest BCUT2D eigenvalue weighted by Gasteiger charge is -2.30. The summed E-state index contributed by atoms with van der Waals surface area (Å²) in [5.74, 6) is 0.0467. The van der Waals surface area contributed by atoms with E-state index < -0.39 is 5.60 Å². The molecule has 3 heteroatoms. The first-order valence-electron chi connectivity index (χ1n) is 6.76. The zero-order chi connectivity index (χ0) is 14.2. The molecule has 1 atom stereocenters. The molecule has 1 N–H and O–H groups in total. The molecule has 0 bridgehead atoms. The van der Waals surface area contributed by atoms with Crippen LogP contribution in [0.4, 0.5) is 0 Å². The van der Waals surface area contributed by atoms with Crippen molar-refractivity contribution in [2.75, 3.05) is 0 Å². The van der Waals surface area contributed by atoms with Gasteiger partial charge in [-0.2, -0.15) is 0 Å². The number of nitrogens with zero attached hydrogens (tertiary/aromatic N) is 1. The number of rotatable bonds is 3. The third-order valence-corrected chi connectivity index (χ3v) is 4.83. The number of aliphatic hydroxyl groups is 1. The third kappa shape index (κ3) is 2.03. The van der Waals surface area contributed by atoms with Crippen molar-refractivity contribution in [3.8, 4) is 0 Å². The first kappa shape index (κ1) is 13.3. The van der Waals surface area contributed by atoms with Gasteiger partial charge in [0, 0.05) is 0 Å². The third-order valence-electron chi connectivity index (χ3n) is 3.67. The Kier molecular flexibility index (Phi) is 3.32. The second-order valence-corrected chi connectivity index (χ2v) is 6.30. The smallest absolute Gasteiger partial charge is 0.143 e. The molecule has 0 radical (unpaired) electrons.